The highest BCUT2D eigenvalue weighted by atomic mass is 35.5. The molecule has 0 fully saturated rings. The maximum Gasteiger partial charge on any atom is 0.270 e. The van der Waals surface area contributed by atoms with Crippen LogP contribution in [0.3, 0.4) is 0 Å². The Bertz CT molecular complexity index is 993. The summed E-state index contributed by atoms with van der Waals surface area (Å²) in [5.41, 5.74) is 1.12. The van der Waals surface area contributed by atoms with Gasteiger partial charge in [0.25, 0.3) is 5.91 Å². The van der Waals surface area contributed by atoms with Gasteiger partial charge in [-0.05, 0) is 37.3 Å². The number of halogens is 3. The number of amides is 1. The van der Waals surface area contributed by atoms with E-state index in [1.54, 1.807) is 31.2 Å². The van der Waals surface area contributed by atoms with Crippen LogP contribution in [-0.4, -0.2) is 33.6 Å². The minimum Gasteiger partial charge on any atom is -0.394 e. The normalized spacial score (nSPS) is 11.9. The largest absolute Gasteiger partial charge is 0.394 e. The quantitative estimate of drug-likeness (QED) is 0.678. The van der Waals surface area contributed by atoms with Crippen LogP contribution in [-0.2, 0) is 0 Å². The maximum atomic E-state index is 13.6. The Morgan fingerprint density at radius 3 is 2.32 bits per heavy atom. The number of hydrogen-bond acceptors (Lipinski definition) is 4. The van der Waals surface area contributed by atoms with Crippen LogP contribution in [0.1, 0.15) is 17.4 Å². The van der Waals surface area contributed by atoms with Crippen molar-refractivity contribution in [3.05, 3.63) is 70.9 Å². The third-order valence-corrected chi connectivity index (χ3v) is 4.12. The van der Waals surface area contributed by atoms with Gasteiger partial charge in [-0.1, -0.05) is 23.7 Å². The fraction of sp³-hybridized carbons (Fsp3) is 0.150. The minimum atomic E-state index is -0.782. The van der Waals surface area contributed by atoms with Gasteiger partial charge in [0.15, 0.2) is 5.82 Å². The van der Waals surface area contributed by atoms with E-state index in [4.69, 9.17) is 16.7 Å². The average molecular weight is 404 g/mol. The first-order chi connectivity index (χ1) is 13.4. The number of aromatic nitrogens is 2. The van der Waals surface area contributed by atoms with E-state index >= 15 is 0 Å². The molecule has 1 aromatic heterocycles. The summed E-state index contributed by atoms with van der Waals surface area (Å²) in [6.07, 6.45) is 0. The van der Waals surface area contributed by atoms with Gasteiger partial charge in [-0.25, -0.2) is 18.7 Å². The van der Waals surface area contributed by atoms with E-state index in [2.05, 4.69) is 15.3 Å². The van der Waals surface area contributed by atoms with Gasteiger partial charge in [-0.2, -0.15) is 0 Å². The van der Waals surface area contributed by atoms with Gasteiger partial charge in [0.1, 0.15) is 17.3 Å². The number of nitrogens with zero attached hydrogens (tertiary/aromatic N) is 2. The molecule has 0 bridgehead atoms. The summed E-state index contributed by atoms with van der Waals surface area (Å²) in [5, 5.41) is 12.3. The average Bonchev–Trinajstić information content (AvgIpc) is 2.67. The Balaban J connectivity index is 2.13. The van der Waals surface area contributed by atoms with Crippen LogP contribution >= 0.6 is 11.6 Å². The number of aliphatic hydroxyl groups excluding tert-OH is 1. The molecule has 1 atom stereocenters. The van der Waals surface area contributed by atoms with E-state index in [0.717, 1.165) is 18.2 Å². The van der Waals surface area contributed by atoms with Crippen LogP contribution in [0.4, 0.5) is 8.78 Å². The number of carbonyl (C=O) groups is 1. The minimum absolute atomic E-state index is 0.0000746. The summed E-state index contributed by atoms with van der Waals surface area (Å²) in [6, 6.07) is 10.6. The van der Waals surface area contributed by atoms with Gasteiger partial charge < -0.3 is 10.4 Å². The Hall–Kier alpha value is -2.90. The summed E-state index contributed by atoms with van der Waals surface area (Å²) in [6.45, 7) is 1.38. The molecule has 0 radical (unpaired) electrons. The first-order valence-corrected chi connectivity index (χ1v) is 8.76. The van der Waals surface area contributed by atoms with E-state index in [1.165, 1.54) is 6.07 Å². The fourth-order valence-electron chi connectivity index (χ4n) is 2.49. The number of carbonyl (C=O) groups excluding carboxylic acids is 1. The van der Waals surface area contributed by atoms with Crippen molar-refractivity contribution in [2.45, 2.75) is 13.0 Å². The van der Waals surface area contributed by atoms with Gasteiger partial charge in [0.05, 0.1) is 12.3 Å². The molecule has 2 N–H and O–H groups in total. The Labute approximate surface area is 165 Å². The van der Waals surface area contributed by atoms with Crippen molar-refractivity contribution in [1.29, 1.82) is 0 Å². The van der Waals surface area contributed by atoms with E-state index in [-0.39, 0.29) is 23.7 Å². The smallest absolute Gasteiger partial charge is 0.270 e. The molecule has 1 amide bonds. The molecule has 5 nitrogen and oxygen atoms in total. The first kappa shape index (κ1) is 19.9. The van der Waals surface area contributed by atoms with Gasteiger partial charge in [-0.15, -0.1) is 0 Å². The fourth-order valence-corrected chi connectivity index (χ4v) is 2.61. The summed E-state index contributed by atoms with van der Waals surface area (Å²) in [5.74, 6) is -2.12. The SMILES string of the molecule is C[C@@H](CO)NC(=O)c1cc(-c2ccc(Cl)cc2)nc(-c2cc(F)cc(F)c2)n1. The second-order valence-electron chi connectivity index (χ2n) is 6.18. The van der Waals surface area contributed by atoms with Crippen molar-refractivity contribution in [1.82, 2.24) is 15.3 Å². The molecular weight excluding hydrogens is 388 g/mol. The van der Waals surface area contributed by atoms with Crippen molar-refractivity contribution in [3.63, 3.8) is 0 Å². The highest BCUT2D eigenvalue weighted by Gasteiger charge is 2.16. The number of benzene rings is 2. The zero-order valence-corrected chi connectivity index (χ0v) is 15.5. The number of rotatable bonds is 5. The lowest BCUT2D eigenvalue weighted by atomic mass is 10.1. The molecule has 1 heterocycles. The second kappa shape index (κ2) is 8.41. The van der Waals surface area contributed by atoms with E-state index in [0.29, 0.717) is 16.3 Å². The standard InChI is InChI=1S/C20H16ClF2N3O2/c1-11(10-27)24-20(28)18-9-17(12-2-4-14(21)5-3-12)25-19(26-18)13-6-15(22)8-16(23)7-13/h2-9,11,27H,10H2,1H3,(H,24,28)/t11-/m0/s1. The van der Waals surface area contributed by atoms with E-state index in [1.807, 2.05) is 0 Å². The van der Waals surface area contributed by atoms with Crippen LogP contribution in [0, 0.1) is 11.6 Å². The second-order valence-corrected chi connectivity index (χ2v) is 6.62. The predicted octanol–water partition coefficient (Wildman–Crippen LogP) is 3.85. The topological polar surface area (TPSA) is 75.1 Å². The molecule has 3 aromatic rings. The van der Waals surface area contributed by atoms with Crippen LogP contribution in [0.25, 0.3) is 22.6 Å². The van der Waals surface area contributed by atoms with Gasteiger partial charge >= 0.3 is 0 Å². The Morgan fingerprint density at radius 2 is 1.71 bits per heavy atom. The highest BCUT2D eigenvalue weighted by Crippen LogP contribution is 2.25. The lowest BCUT2D eigenvalue weighted by Crippen LogP contribution is -2.35. The molecule has 2 aromatic carbocycles. The van der Waals surface area contributed by atoms with E-state index in [9.17, 15) is 13.6 Å². The van der Waals surface area contributed by atoms with Gasteiger partial charge in [0, 0.05) is 28.3 Å². The van der Waals surface area contributed by atoms with Crippen molar-refractivity contribution in [2.24, 2.45) is 0 Å². The van der Waals surface area contributed by atoms with Gasteiger partial charge in [-0.3, -0.25) is 4.79 Å². The molecular formula is C20H16ClF2N3O2. The highest BCUT2D eigenvalue weighted by molar-refractivity contribution is 6.30. The summed E-state index contributed by atoms with van der Waals surface area (Å²) in [4.78, 5) is 21.0. The monoisotopic (exact) mass is 403 g/mol. The number of hydrogen-bond donors (Lipinski definition) is 2. The van der Waals surface area contributed by atoms with Crippen LogP contribution in [0.15, 0.2) is 48.5 Å². The van der Waals surface area contributed by atoms with Crippen LogP contribution in [0.5, 0.6) is 0 Å². The van der Waals surface area contributed by atoms with Crippen molar-refractivity contribution in [3.8, 4) is 22.6 Å². The van der Waals surface area contributed by atoms with Crippen molar-refractivity contribution < 1.29 is 18.7 Å². The molecule has 144 valence electrons. The Morgan fingerprint density at radius 1 is 1.07 bits per heavy atom. The maximum absolute atomic E-state index is 13.6. The first-order valence-electron chi connectivity index (χ1n) is 8.39. The molecule has 3 rings (SSSR count). The predicted molar refractivity (Wildman–Crippen MR) is 102 cm³/mol. The molecule has 0 saturated heterocycles. The van der Waals surface area contributed by atoms with Crippen molar-refractivity contribution in [2.75, 3.05) is 6.61 Å². The molecule has 28 heavy (non-hydrogen) atoms. The third kappa shape index (κ3) is 4.68. The van der Waals surface area contributed by atoms with Crippen LogP contribution < -0.4 is 5.32 Å². The molecule has 0 saturated carbocycles. The molecule has 0 unspecified atom stereocenters. The number of nitrogens with one attached hydrogen (secondary N) is 1. The molecule has 0 aliphatic heterocycles. The molecule has 0 aliphatic rings. The van der Waals surface area contributed by atoms with E-state index < -0.39 is 23.6 Å². The third-order valence-electron chi connectivity index (χ3n) is 3.87. The van der Waals surface area contributed by atoms with Crippen molar-refractivity contribution >= 4 is 17.5 Å². The summed E-state index contributed by atoms with van der Waals surface area (Å²) >= 11 is 5.91. The zero-order chi connectivity index (χ0) is 20.3. The molecule has 0 spiro atoms. The van der Waals surface area contributed by atoms with Gasteiger partial charge in [0.2, 0.25) is 0 Å². The summed E-state index contributed by atoms with van der Waals surface area (Å²) < 4.78 is 27.3. The van der Waals surface area contributed by atoms with Crippen LogP contribution in [0.2, 0.25) is 5.02 Å². The molecule has 8 heteroatoms. The zero-order valence-electron chi connectivity index (χ0n) is 14.8. The molecule has 0 aliphatic carbocycles. The lowest BCUT2D eigenvalue weighted by molar-refractivity contribution is 0.0917. The number of aliphatic hydroxyl groups is 1. The lowest BCUT2D eigenvalue weighted by Gasteiger charge is -2.12. The summed E-state index contributed by atoms with van der Waals surface area (Å²) in [7, 11) is 0. The Kier molecular flexibility index (Phi) is 5.96.